The number of aromatic nitrogens is 2. The molecule has 1 fully saturated rings. The Morgan fingerprint density at radius 3 is 2.93 bits per heavy atom. The van der Waals surface area contributed by atoms with E-state index in [0.717, 1.165) is 24.6 Å². The van der Waals surface area contributed by atoms with Crippen molar-refractivity contribution >= 4 is 11.3 Å². The molecule has 0 saturated carbocycles. The van der Waals surface area contributed by atoms with Crippen molar-refractivity contribution in [1.82, 2.24) is 15.3 Å². The van der Waals surface area contributed by atoms with Crippen LogP contribution in [0.3, 0.4) is 0 Å². The first-order valence-corrected chi connectivity index (χ1v) is 6.03. The smallest absolute Gasteiger partial charge is 0.112 e. The predicted molar refractivity (Wildman–Crippen MR) is 62.2 cm³/mol. The van der Waals surface area contributed by atoms with Gasteiger partial charge < -0.3 is 10.3 Å². The minimum Gasteiger partial charge on any atom is -0.345 e. The van der Waals surface area contributed by atoms with Gasteiger partial charge >= 0.3 is 0 Å². The van der Waals surface area contributed by atoms with Crippen molar-refractivity contribution < 1.29 is 0 Å². The highest BCUT2D eigenvalue weighted by molar-refractivity contribution is 7.13. The lowest BCUT2D eigenvalue weighted by molar-refractivity contribution is 0.432. The fraction of sp³-hybridized carbons (Fsp3) is 0.364. The predicted octanol–water partition coefficient (Wildman–Crippen LogP) is 2.13. The molecule has 3 nitrogen and oxygen atoms in total. The summed E-state index contributed by atoms with van der Waals surface area (Å²) in [5.74, 6) is 1.71. The van der Waals surface area contributed by atoms with Gasteiger partial charge in [0, 0.05) is 24.7 Å². The Labute approximate surface area is 92.6 Å². The summed E-state index contributed by atoms with van der Waals surface area (Å²) < 4.78 is 0. The second-order valence-corrected chi connectivity index (χ2v) is 4.88. The molecule has 3 heterocycles. The highest BCUT2D eigenvalue weighted by Crippen LogP contribution is 2.28. The number of aryl methyl sites for hydroxylation is 1. The number of imidazole rings is 1. The summed E-state index contributed by atoms with van der Waals surface area (Å²) in [7, 11) is 0. The topological polar surface area (TPSA) is 40.7 Å². The number of aromatic amines is 1. The van der Waals surface area contributed by atoms with Gasteiger partial charge in [-0.25, -0.2) is 4.98 Å². The Balaban J connectivity index is 1.98. The van der Waals surface area contributed by atoms with Crippen LogP contribution in [0.1, 0.15) is 17.4 Å². The molecule has 0 aliphatic carbocycles. The van der Waals surface area contributed by atoms with Crippen molar-refractivity contribution in [3.05, 3.63) is 29.0 Å². The van der Waals surface area contributed by atoms with Crippen LogP contribution in [0, 0.1) is 6.92 Å². The molecule has 2 aromatic rings. The van der Waals surface area contributed by atoms with E-state index in [2.05, 4.69) is 39.7 Å². The number of hydrogen-bond donors (Lipinski definition) is 2. The summed E-state index contributed by atoms with van der Waals surface area (Å²) in [6, 6.07) is 4.19. The third kappa shape index (κ3) is 1.50. The first-order chi connectivity index (χ1) is 7.34. The standard InChI is InChI=1S/C11H13N3S/c1-7-10(9-3-2-4-15-9)14-11(13-7)8-5-12-6-8/h2-4,8,12H,5-6H2,1H3,(H,13,14). The van der Waals surface area contributed by atoms with Crippen LogP contribution in [-0.2, 0) is 0 Å². The van der Waals surface area contributed by atoms with Gasteiger partial charge in [-0.2, -0.15) is 0 Å². The number of thiophene rings is 1. The minimum atomic E-state index is 0.581. The molecule has 0 radical (unpaired) electrons. The average molecular weight is 219 g/mol. The van der Waals surface area contributed by atoms with E-state index in [4.69, 9.17) is 0 Å². The van der Waals surface area contributed by atoms with Gasteiger partial charge in [-0.3, -0.25) is 0 Å². The van der Waals surface area contributed by atoms with E-state index in [9.17, 15) is 0 Å². The molecule has 4 heteroatoms. The van der Waals surface area contributed by atoms with E-state index in [1.54, 1.807) is 11.3 Å². The van der Waals surface area contributed by atoms with Gasteiger partial charge in [0.2, 0.25) is 0 Å². The lowest BCUT2D eigenvalue weighted by Gasteiger charge is -2.24. The normalized spacial score (nSPS) is 16.6. The van der Waals surface area contributed by atoms with Crippen LogP contribution >= 0.6 is 11.3 Å². The Hall–Kier alpha value is -1.13. The Kier molecular flexibility index (Phi) is 2.11. The first kappa shape index (κ1) is 9.12. The summed E-state index contributed by atoms with van der Waals surface area (Å²) in [4.78, 5) is 9.33. The van der Waals surface area contributed by atoms with Crippen molar-refractivity contribution in [3.63, 3.8) is 0 Å². The third-order valence-corrected chi connectivity index (χ3v) is 3.70. The molecular weight excluding hydrogens is 206 g/mol. The Morgan fingerprint density at radius 1 is 1.47 bits per heavy atom. The molecule has 1 aliphatic rings. The summed E-state index contributed by atoms with van der Waals surface area (Å²) in [5, 5.41) is 5.36. The molecule has 0 amide bonds. The molecular formula is C11H13N3S. The van der Waals surface area contributed by atoms with Gasteiger partial charge in [0.1, 0.15) is 11.5 Å². The van der Waals surface area contributed by atoms with Gasteiger partial charge in [0.05, 0.1) is 4.88 Å². The fourth-order valence-electron chi connectivity index (χ4n) is 1.81. The number of nitrogens with zero attached hydrogens (tertiary/aromatic N) is 1. The number of nitrogens with one attached hydrogen (secondary N) is 2. The fourth-order valence-corrected chi connectivity index (χ4v) is 2.58. The van der Waals surface area contributed by atoms with E-state index >= 15 is 0 Å². The molecule has 1 saturated heterocycles. The quantitative estimate of drug-likeness (QED) is 0.812. The molecule has 2 N–H and O–H groups in total. The van der Waals surface area contributed by atoms with E-state index in [0.29, 0.717) is 5.92 Å². The van der Waals surface area contributed by atoms with Crippen molar-refractivity contribution in [2.45, 2.75) is 12.8 Å². The zero-order valence-corrected chi connectivity index (χ0v) is 9.40. The van der Waals surface area contributed by atoms with Crippen LogP contribution in [0.25, 0.3) is 10.6 Å². The number of hydrogen-bond acceptors (Lipinski definition) is 3. The van der Waals surface area contributed by atoms with Crippen LogP contribution in [0.2, 0.25) is 0 Å². The summed E-state index contributed by atoms with van der Waals surface area (Å²) in [5.41, 5.74) is 2.30. The highest BCUT2D eigenvalue weighted by atomic mass is 32.1. The summed E-state index contributed by atoms with van der Waals surface area (Å²) in [6.45, 7) is 4.20. The van der Waals surface area contributed by atoms with Gasteiger partial charge in [0.25, 0.3) is 0 Å². The molecule has 15 heavy (non-hydrogen) atoms. The van der Waals surface area contributed by atoms with Crippen molar-refractivity contribution in [2.24, 2.45) is 0 Å². The molecule has 0 atom stereocenters. The summed E-state index contributed by atoms with van der Waals surface area (Å²) >= 11 is 1.74. The van der Waals surface area contributed by atoms with Gasteiger partial charge in [0.15, 0.2) is 0 Å². The second-order valence-electron chi connectivity index (χ2n) is 3.93. The average Bonchev–Trinajstić information content (AvgIpc) is 2.70. The second kappa shape index (κ2) is 3.47. The van der Waals surface area contributed by atoms with Crippen molar-refractivity contribution in [2.75, 3.05) is 13.1 Å². The van der Waals surface area contributed by atoms with Crippen LogP contribution in [0.15, 0.2) is 17.5 Å². The molecule has 0 spiro atoms. The molecule has 78 valence electrons. The van der Waals surface area contributed by atoms with Crippen LogP contribution in [-0.4, -0.2) is 23.1 Å². The SMILES string of the molecule is Cc1[nH]c(C2CNC2)nc1-c1cccs1. The maximum atomic E-state index is 4.69. The number of H-pyrrole nitrogens is 1. The van der Waals surface area contributed by atoms with Crippen LogP contribution in [0.5, 0.6) is 0 Å². The lowest BCUT2D eigenvalue weighted by atomic mass is 10.0. The molecule has 0 bridgehead atoms. The Morgan fingerprint density at radius 2 is 2.33 bits per heavy atom. The third-order valence-electron chi connectivity index (χ3n) is 2.83. The zero-order chi connectivity index (χ0) is 10.3. The van der Waals surface area contributed by atoms with Gasteiger partial charge in [-0.15, -0.1) is 11.3 Å². The van der Waals surface area contributed by atoms with Crippen molar-refractivity contribution in [1.29, 1.82) is 0 Å². The van der Waals surface area contributed by atoms with Gasteiger partial charge in [-0.1, -0.05) is 6.07 Å². The van der Waals surface area contributed by atoms with Crippen LogP contribution < -0.4 is 5.32 Å². The maximum Gasteiger partial charge on any atom is 0.112 e. The molecule has 2 aromatic heterocycles. The highest BCUT2D eigenvalue weighted by Gasteiger charge is 2.23. The van der Waals surface area contributed by atoms with Gasteiger partial charge in [-0.05, 0) is 18.4 Å². The first-order valence-electron chi connectivity index (χ1n) is 5.15. The largest absolute Gasteiger partial charge is 0.345 e. The van der Waals surface area contributed by atoms with Crippen LogP contribution in [0.4, 0.5) is 0 Å². The van der Waals surface area contributed by atoms with Crippen molar-refractivity contribution in [3.8, 4) is 10.6 Å². The van der Waals surface area contributed by atoms with E-state index in [-0.39, 0.29) is 0 Å². The minimum absolute atomic E-state index is 0.581. The van der Waals surface area contributed by atoms with E-state index in [1.807, 2.05) is 0 Å². The molecule has 3 rings (SSSR count). The maximum absolute atomic E-state index is 4.69. The molecule has 0 aromatic carbocycles. The van der Waals surface area contributed by atoms with E-state index < -0.39 is 0 Å². The summed E-state index contributed by atoms with van der Waals surface area (Å²) in [6.07, 6.45) is 0. The Bertz CT molecular complexity index is 454. The van der Waals surface area contributed by atoms with E-state index in [1.165, 1.54) is 10.6 Å². The molecule has 0 unspecified atom stereocenters. The zero-order valence-electron chi connectivity index (χ0n) is 8.58. The monoisotopic (exact) mass is 219 g/mol. The molecule has 1 aliphatic heterocycles. The lowest BCUT2D eigenvalue weighted by Crippen LogP contribution is -2.40. The number of rotatable bonds is 2.